The van der Waals surface area contributed by atoms with Crippen molar-refractivity contribution in [2.45, 2.75) is 20.8 Å². The number of ether oxygens (including phenoxy) is 1. The van der Waals surface area contributed by atoms with Gasteiger partial charge in [0.2, 0.25) is 0 Å². The predicted molar refractivity (Wildman–Crippen MR) is 52.6 cm³/mol. The van der Waals surface area contributed by atoms with Gasteiger partial charge in [0.15, 0.2) is 0 Å². The number of aliphatic imine (C=N–C) groups is 1. The van der Waals surface area contributed by atoms with Crippen LogP contribution in [-0.4, -0.2) is 25.3 Å². The van der Waals surface area contributed by atoms with Gasteiger partial charge in [-0.05, 0) is 20.8 Å². The molecule has 74 valence electrons. The second kappa shape index (κ2) is 5.35. The average molecular weight is 184 g/mol. The van der Waals surface area contributed by atoms with Gasteiger partial charge in [0, 0.05) is 18.0 Å². The first-order chi connectivity index (χ1) is 6.04. The first-order valence-corrected chi connectivity index (χ1v) is 4.10. The van der Waals surface area contributed by atoms with Crippen LogP contribution in [0.2, 0.25) is 0 Å². The van der Waals surface area contributed by atoms with Crippen LogP contribution < -0.4 is 5.73 Å². The van der Waals surface area contributed by atoms with Gasteiger partial charge >= 0.3 is 5.97 Å². The summed E-state index contributed by atoms with van der Waals surface area (Å²) < 4.78 is 4.58. The molecular weight excluding hydrogens is 168 g/mol. The molecule has 0 heterocycles. The third-order valence-corrected chi connectivity index (χ3v) is 1.54. The average Bonchev–Trinajstić information content (AvgIpc) is 2.04. The molecule has 0 saturated carbocycles. The van der Waals surface area contributed by atoms with E-state index in [1.807, 2.05) is 6.92 Å². The Balaban J connectivity index is 4.96. The molecular formula is C9H16N2O2. The standard InChI is InChI=1S/C9H16N2O2/c1-5-11-7(3)8(6(2)10)9(12)13-4/h5,10H2,1-4H3. The number of carbonyl (C=O) groups is 1. The summed E-state index contributed by atoms with van der Waals surface area (Å²) in [7, 11) is 1.32. The van der Waals surface area contributed by atoms with Crippen LogP contribution in [0.1, 0.15) is 20.8 Å². The van der Waals surface area contributed by atoms with Gasteiger partial charge in [-0.25, -0.2) is 4.79 Å². The second-order valence-electron chi connectivity index (χ2n) is 2.61. The highest BCUT2D eigenvalue weighted by molar-refractivity contribution is 6.19. The molecule has 2 N–H and O–H groups in total. The van der Waals surface area contributed by atoms with Crippen LogP contribution in [0.5, 0.6) is 0 Å². The summed E-state index contributed by atoms with van der Waals surface area (Å²) in [5.74, 6) is -0.435. The molecule has 4 heteroatoms. The largest absolute Gasteiger partial charge is 0.465 e. The van der Waals surface area contributed by atoms with Crippen LogP contribution in [-0.2, 0) is 9.53 Å². The highest BCUT2D eigenvalue weighted by Crippen LogP contribution is 2.04. The third-order valence-electron chi connectivity index (χ3n) is 1.54. The lowest BCUT2D eigenvalue weighted by Crippen LogP contribution is -2.17. The van der Waals surface area contributed by atoms with Crippen molar-refractivity contribution in [1.29, 1.82) is 0 Å². The molecule has 0 fully saturated rings. The zero-order valence-corrected chi connectivity index (χ0v) is 8.55. The molecule has 13 heavy (non-hydrogen) atoms. The van der Waals surface area contributed by atoms with Crippen molar-refractivity contribution < 1.29 is 9.53 Å². The number of esters is 1. The maximum atomic E-state index is 11.2. The summed E-state index contributed by atoms with van der Waals surface area (Å²) in [5.41, 5.74) is 6.96. The van der Waals surface area contributed by atoms with Gasteiger partial charge in [0.25, 0.3) is 0 Å². The minimum atomic E-state index is -0.435. The van der Waals surface area contributed by atoms with Crippen molar-refractivity contribution >= 4 is 11.7 Å². The van der Waals surface area contributed by atoms with Crippen LogP contribution in [0.3, 0.4) is 0 Å². The maximum Gasteiger partial charge on any atom is 0.341 e. The first-order valence-electron chi connectivity index (χ1n) is 4.10. The monoisotopic (exact) mass is 184 g/mol. The van der Waals surface area contributed by atoms with Crippen molar-refractivity contribution in [3.8, 4) is 0 Å². The van der Waals surface area contributed by atoms with E-state index in [1.54, 1.807) is 13.8 Å². The summed E-state index contributed by atoms with van der Waals surface area (Å²) in [5, 5.41) is 0. The van der Waals surface area contributed by atoms with E-state index in [4.69, 9.17) is 5.73 Å². The van der Waals surface area contributed by atoms with Crippen molar-refractivity contribution in [2.24, 2.45) is 10.7 Å². The topological polar surface area (TPSA) is 64.7 Å². The van der Waals surface area contributed by atoms with Crippen LogP contribution in [0.15, 0.2) is 16.3 Å². The molecule has 0 aliphatic rings. The predicted octanol–water partition coefficient (Wildman–Crippen LogP) is 0.873. The van der Waals surface area contributed by atoms with E-state index in [1.165, 1.54) is 7.11 Å². The Morgan fingerprint density at radius 2 is 2.00 bits per heavy atom. The highest BCUT2D eigenvalue weighted by atomic mass is 16.5. The number of carbonyl (C=O) groups excluding carboxylic acids is 1. The fourth-order valence-corrected chi connectivity index (χ4v) is 1.01. The summed E-state index contributed by atoms with van der Waals surface area (Å²) in [4.78, 5) is 15.3. The van der Waals surface area contributed by atoms with Gasteiger partial charge in [-0.1, -0.05) is 0 Å². The number of allylic oxidation sites excluding steroid dienone is 1. The Kier molecular flexibility index (Phi) is 4.80. The quantitative estimate of drug-likeness (QED) is 0.402. The van der Waals surface area contributed by atoms with Crippen molar-refractivity contribution in [2.75, 3.05) is 13.7 Å². The van der Waals surface area contributed by atoms with E-state index in [0.717, 1.165) is 0 Å². The Morgan fingerprint density at radius 1 is 1.46 bits per heavy atom. The van der Waals surface area contributed by atoms with Crippen molar-refractivity contribution in [3.63, 3.8) is 0 Å². The van der Waals surface area contributed by atoms with Gasteiger partial charge in [0.1, 0.15) is 0 Å². The smallest absolute Gasteiger partial charge is 0.341 e. The number of methoxy groups -OCH3 is 1. The SMILES string of the molecule is CCN=C(C)C(C(=O)OC)=C(C)N. The summed E-state index contributed by atoms with van der Waals surface area (Å²) in [6, 6.07) is 0. The fourth-order valence-electron chi connectivity index (χ4n) is 1.01. The van der Waals surface area contributed by atoms with Gasteiger partial charge in [-0.3, -0.25) is 4.99 Å². The van der Waals surface area contributed by atoms with Crippen LogP contribution in [0.4, 0.5) is 0 Å². The van der Waals surface area contributed by atoms with Crippen LogP contribution >= 0.6 is 0 Å². The minimum Gasteiger partial charge on any atom is -0.465 e. The Morgan fingerprint density at radius 3 is 2.31 bits per heavy atom. The Labute approximate surface area is 78.5 Å². The van der Waals surface area contributed by atoms with E-state index in [0.29, 0.717) is 23.5 Å². The number of nitrogens with two attached hydrogens (primary N) is 1. The molecule has 0 aromatic rings. The number of hydrogen-bond donors (Lipinski definition) is 1. The second-order valence-corrected chi connectivity index (χ2v) is 2.61. The van der Waals surface area contributed by atoms with Gasteiger partial charge in [-0.2, -0.15) is 0 Å². The molecule has 0 bridgehead atoms. The highest BCUT2D eigenvalue weighted by Gasteiger charge is 2.14. The van der Waals surface area contributed by atoms with Gasteiger partial charge in [0.05, 0.1) is 12.7 Å². The van der Waals surface area contributed by atoms with Crippen molar-refractivity contribution in [1.82, 2.24) is 0 Å². The normalized spacial score (nSPS) is 13.7. The molecule has 0 spiro atoms. The molecule has 0 aromatic heterocycles. The molecule has 0 unspecified atom stereocenters. The molecule has 0 rings (SSSR count). The van der Waals surface area contributed by atoms with E-state index >= 15 is 0 Å². The number of nitrogens with zero attached hydrogens (tertiary/aromatic N) is 1. The maximum absolute atomic E-state index is 11.2. The van der Waals surface area contributed by atoms with E-state index < -0.39 is 5.97 Å². The van der Waals surface area contributed by atoms with Gasteiger partial charge < -0.3 is 10.5 Å². The minimum absolute atomic E-state index is 0.365. The fraction of sp³-hybridized carbons (Fsp3) is 0.556. The van der Waals surface area contributed by atoms with E-state index in [9.17, 15) is 4.79 Å². The zero-order chi connectivity index (χ0) is 10.4. The third kappa shape index (κ3) is 3.27. The summed E-state index contributed by atoms with van der Waals surface area (Å²) in [6.45, 7) is 5.91. The first kappa shape index (κ1) is 11.7. The zero-order valence-electron chi connectivity index (χ0n) is 8.55. The van der Waals surface area contributed by atoms with Crippen LogP contribution in [0, 0.1) is 0 Å². The van der Waals surface area contributed by atoms with Gasteiger partial charge in [-0.15, -0.1) is 0 Å². The summed E-state index contributed by atoms with van der Waals surface area (Å²) >= 11 is 0. The molecule has 0 aliphatic carbocycles. The van der Waals surface area contributed by atoms with Crippen molar-refractivity contribution in [3.05, 3.63) is 11.3 Å². The molecule has 0 amide bonds. The molecule has 0 atom stereocenters. The summed E-state index contributed by atoms with van der Waals surface area (Å²) in [6.07, 6.45) is 0. The lowest BCUT2D eigenvalue weighted by atomic mass is 10.1. The molecule has 0 aliphatic heterocycles. The lowest BCUT2D eigenvalue weighted by molar-refractivity contribution is -0.135. The molecule has 4 nitrogen and oxygen atoms in total. The Hall–Kier alpha value is -1.32. The number of hydrogen-bond acceptors (Lipinski definition) is 4. The lowest BCUT2D eigenvalue weighted by Gasteiger charge is -2.06. The molecule has 0 radical (unpaired) electrons. The van der Waals surface area contributed by atoms with E-state index in [-0.39, 0.29) is 0 Å². The van der Waals surface area contributed by atoms with E-state index in [2.05, 4.69) is 9.73 Å². The Bertz CT molecular complexity index is 250. The molecule has 0 aromatic carbocycles. The number of rotatable bonds is 3. The molecule has 0 saturated heterocycles. The van der Waals surface area contributed by atoms with Crippen LogP contribution in [0.25, 0.3) is 0 Å².